The third-order valence-electron chi connectivity index (χ3n) is 1.06. The summed E-state index contributed by atoms with van der Waals surface area (Å²) in [7, 11) is 0. The summed E-state index contributed by atoms with van der Waals surface area (Å²) < 4.78 is 0. The first-order chi connectivity index (χ1) is 2.77. The van der Waals surface area contributed by atoms with Gasteiger partial charge in [0, 0.05) is 0 Å². The molecule has 0 aliphatic heterocycles. The number of rotatable bonds is 1. The van der Waals surface area contributed by atoms with E-state index in [2.05, 4.69) is 0 Å². The van der Waals surface area contributed by atoms with Crippen LogP contribution in [0.5, 0.6) is 0 Å². The fourth-order valence-corrected chi connectivity index (χ4v) is 0.262. The zero-order chi connectivity index (χ0) is 4.62. The molecule has 1 saturated carbocycles. The van der Waals surface area contributed by atoms with Crippen LogP contribution in [0.2, 0.25) is 0 Å². The summed E-state index contributed by atoms with van der Waals surface area (Å²) in [4.78, 5) is 9.76. The number of nitrogens with two attached hydrogens (primary N) is 1. The van der Waals surface area contributed by atoms with Crippen LogP contribution in [0, 0.1) is 0 Å². The van der Waals surface area contributed by atoms with Gasteiger partial charge in [0.25, 0.3) is 0 Å². The first-order valence-electron chi connectivity index (χ1n) is 2.02. The monoisotopic (exact) mass is 85.1 g/mol. The third kappa shape index (κ3) is 0.431. The van der Waals surface area contributed by atoms with Crippen molar-refractivity contribution in [3.8, 4) is 0 Å². The van der Waals surface area contributed by atoms with Gasteiger partial charge in [-0.2, -0.15) is 0 Å². The second-order valence-corrected chi connectivity index (χ2v) is 1.85. The lowest BCUT2D eigenvalue weighted by molar-refractivity contribution is -0.109. The Balaban J connectivity index is 2.47. The van der Waals surface area contributed by atoms with E-state index in [1.807, 2.05) is 0 Å². The number of carbonyl (C=O) groups is 1. The number of aldehydes is 1. The van der Waals surface area contributed by atoms with Gasteiger partial charge in [-0.15, -0.1) is 0 Å². The lowest BCUT2D eigenvalue weighted by Crippen LogP contribution is -2.22. The second kappa shape index (κ2) is 0.819. The van der Waals surface area contributed by atoms with Crippen molar-refractivity contribution in [1.29, 1.82) is 0 Å². The molecule has 0 atom stereocenters. The van der Waals surface area contributed by atoms with Crippen molar-refractivity contribution >= 4 is 6.29 Å². The second-order valence-electron chi connectivity index (χ2n) is 1.85. The molecule has 0 heterocycles. The summed E-state index contributed by atoms with van der Waals surface area (Å²) in [6.07, 6.45) is 2.60. The molecule has 0 aromatic heterocycles. The van der Waals surface area contributed by atoms with E-state index in [0.29, 0.717) is 0 Å². The predicted octanol–water partition coefficient (Wildman–Crippen LogP) is -0.323. The van der Waals surface area contributed by atoms with Gasteiger partial charge in [0.05, 0.1) is 5.54 Å². The van der Waals surface area contributed by atoms with E-state index in [1.165, 1.54) is 0 Å². The van der Waals surface area contributed by atoms with Gasteiger partial charge in [-0.25, -0.2) is 0 Å². The lowest BCUT2D eigenvalue weighted by atomic mass is 10.4. The van der Waals surface area contributed by atoms with Gasteiger partial charge in [-0.05, 0) is 12.8 Å². The fourth-order valence-electron chi connectivity index (χ4n) is 0.262. The summed E-state index contributed by atoms with van der Waals surface area (Å²) >= 11 is 0. The molecular weight excluding hydrogens is 78.0 g/mol. The normalized spacial score (nSPS) is 26.2. The molecule has 0 radical (unpaired) electrons. The van der Waals surface area contributed by atoms with Gasteiger partial charge in [-0.1, -0.05) is 0 Å². The van der Waals surface area contributed by atoms with Crippen LogP contribution in [0.15, 0.2) is 0 Å². The summed E-state index contributed by atoms with van der Waals surface area (Å²) in [5, 5.41) is 0. The van der Waals surface area contributed by atoms with Crippen molar-refractivity contribution in [2.75, 3.05) is 0 Å². The molecule has 0 amide bonds. The van der Waals surface area contributed by atoms with Crippen LogP contribution in [0.4, 0.5) is 0 Å². The molecule has 1 rings (SSSR count). The highest BCUT2D eigenvalue weighted by molar-refractivity contribution is 5.67. The highest BCUT2D eigenvalue weighted by atomic mass is 16.1. The van der Waals surface area contributed by atoms with Crippen molar-refractivity contribution in [1.82, 2.24) is 0 Å². The molecule has 1 aliphatic carbocycles. The maximum absolute atomic E-state index is 9.76. The van der Waals surface area contributed by atoms with Gasteiger partial charge >= 0.3 is 0 Å². The van der Waals surface area contributed by atoms with Gasteiger partial charge in [-0.3, -0.25) is 0 Å². The molecule has 0 bridgehead atoms. The molecule has 1 fully saturated rings. The summed E-state index contributed by atoms with van der Waals surface area (Å²) in [6.45, 7) is 0. The molecule has 0 aromatic carbocycles. The maximum atomic E-state index is 9.76. The average Bonchev–Trinajstić information content (AvgIpc) is 2.22. The van der Waals surface area contributed by atoms with Crippen LogP contribution in [0.1, 0.15) is 12.8 Å². The molecule has 2 heteroatoms. The van der Waals surface area contributed by atoms with E-state index in [0.717, 1.165) is 19.1 Å². The molecule has 1 aliphatic rings. The molecule has 0 spiro atoms. The molecule has 2 N–H and O–H groups in total. The Morgan fingerprint density at radius 1 is 1.67 bits per heavy atom. The zero-order valence-corrected chi connectivity index (χ0v) is 3.48. The highest BCUT2D eigenvalue weighted by Crippen LogP contribution is 2.28. The van der Waals surface area contributed by atoms with E-state index >= 15 is 0 Å². The minimum absolute atomic E-state index is 0.389. The van der Waals surface area contributed by atoms with E-state index in [4.69, 9.17) is 5.73 Å². The van der Waals surface area contributed by atoms with Gasteiger partial charge in [0.15, 0.2) is 0 Å². The molecule has 6 heavy (non-hydrogen) atoms. The maximum Gasteiger partial charge on any atom is 0.139 e. The fraction of sp³-hybridized carbons (Fsp3) is 0.750. The van der Waals surface area contributed by atoms with Crippen LogP contribution in [0.25, 0.3) is 0 Å². The van der Waals surface area contributed by atoms with E-state index in [1.54, 1.807) is 0 Å². The van der Waals surface area contributed by atoms with Gasteiger partial charge in [0.2, 0.25) is 0 Å². The number of hydrogen-bond acceptors (Lipinski definition) is 2. The standard InChI is InChI=1S/C4H7NO/c5-4(3-6)1-2-4/h3H,1-2,5H2. The molecule has 0 unspecified atom stereocenters. The smallest absolute Gasteiger partial charge is 0.139 e. The van der Waals surface area contributed by atoms with Crippen LogP contribution >= 0.6 is 0 Å². The number of hydrogen-bond donors (Lipinski definition) is 1. The number of carbonyl (C=O) groups excluding carboxylic acids is 1. The summed E-state index contributed by atoms with van der Waals surface area (Å²) in [6, 6.07) is 0. The minimum atomic E-state index is -0.389. The van der Waals surface area contributed by atoms with Crippen molar-refractivity contribution in [2.45, 2.75) is 18.4 Å². The van der Waals surface area contributed by atoms with Crippen LogP contribution < -0.4 is 5.73 Å². The van der Waals surface area contributed by atoms with Crippen LogP contribution in [0.3, 0.4) is 0 Å². The molecule has 0 aromatic rings. The van der Waals surface area contributed by atoms with Crippen molar-refractivity contribution in [3.05, 3.63) is 0 Å². The van der Waals surface area contributed by atoms with Crippen molar-refractivity contribution < 1.29 is 4.79 Å². The Bertz CT molecular complexity index is 75.6. The third-order valence-corrected chi connectivity index (χ3v) is 1.06. The predicted molar refractivity (Wildman–Crippen MR) is 22.2 cm³/mol. The van der Waals surface area contributed by atoms with Crippen molar-refractivity contribution in [3.63, 3.8) is 0 Å². The highest BCUT2D eigenvalue weighted by Gasteiger charge is 2.37. The molecule has 0 saturated heterocycles. The largest absolute Gasteiger partial charge is 0.319 e. The van der Waals surface area contributed by atoms with Gasteiger partial charge in [0.1, 0.15) is 6.29 Å². The van der Waals surface area contributed by atoms with E-state index in [-0.39, 0.29) is 5.54 Å². The lowest BCUT2D eigenvalue weighted by Gasteiger charge is -1.87. The van der Waals surface area contributed by atoms with Crippen LogP contribution in [-0.2, 0) is 4.79 Å². The first kappa shape index (κ1) is 3.81. The Kier molecular flexibility index (Phi) is 0.520. The van der Waals surface area contributed by atoms with Crippen LogP contribution in [-0.4, -0.2) is 11.8 Å². The zero-order valence-electron chi connectivity index (χ0n) is 3.48. The molecule has 2 nitrogen and oxygen atoms in total. The average molecular weight is 85.1 g/mol. The SMILES string of the molecule is NC1(C=O)CC1. The minimum Gasteiger partial charge on any atom is -0.319 e. The summed E-state index contributed by atoms with van der Waals surface area (Å²) in [5.74, 6) is 0. The van der Waals surface area contributed by atoms with Crippen molar-refractivity contribution in [2.24, 2.45) is 5.73 Å². The Hall–Kier alpha value is -0.370. The molecular formula is C4H7NO. The van der Waals surface area contributed by atoms with E-state index in [9.17, 15) is 4.79 Å². The Morgan fingerprint density at radius 2 is 2.17 bits per heavy atom. The quantitative estimate of drug-likeness (QED) is 0.443. The Labute approximate surface area is 36.3 Å². The van der Waals surface area contributed by atoms with E-state index < -0.39 is 0 Å². The Morgan fingerprint density at radius 3 is 2.17 bits per heavy atom. The molecule has 34 valence electrons. The summed E-state index contributed by atoms with van der Waals surface area (Å²) in [5.41, 5.74) is 4.89. The topological polar surface area (TPSA) is 43.1 Å². The first-order valence-corrected chi connectivity index (χ1v) is 2.02. The van der Waals surface area contributed by atoms with Gasteiger partial charge < -0.3 is 10.5 Å².